The molecule has 0 saturated carbocycles. The zero-order valence-corrected chi connectivity index (χ0v) is 20.7. The van der Waals surface area contributed by atoms with E-state index in [1.54, 1.807) is 22.5 Å². The molecule has 0 unspecified atom stereocenters. The number of aryl methyl sites for hydroxylation is 1. The average molecular weight is 495 g/mol. The van der Waals surface area contributed by atoms with Crippen LogP contribution in [-0.2, 0) is 10.0 Å². The first kappa shape index (κ1) is 24.1. The van der Waals surface area contributed by atoms with Crippen molar-refractivity contribution in [3.8, 4) is 11.1 Å². The van der Waals surface area contributed by atoms with E-state index in [1.165, 1.54) is 12.1 Å². The van der Waals surface area contributed by atoms with E-state index < -0.39 is 10.0 Å². The van der Waals surface area contributed by atoms with Gasteiger partial charge in [-0.15, -0.1) is 0 Å². The van der Waals surface area contributed by atoms with Gasteiger partial charge in [-0.2, -0.15) is 4.31 Å². The summed E-state index contributed by atoms with van der Waals surface area (Å²) in [6.07, 6.45) is 1.68. The molecule has 0 amide bonds. The normalized spacial score (nSPS) is 23.7. The van der Waals surface area contributed by atoms with Gasteiger partial charge in [-0.1, -0.05) is 54.6 Å². The third-order valence-corrected chi connectivity index (χ3v) is 9.52. The molecule has 0 radical (unpaired) electrons. The van der Waals surface area contributed by atoms with Crippen molar-refractivity contribution in [1.82, 2.24) is 9.21 Å². The van der Waals surface area contributed by atoms with Crippen molar-refractivity contribution in [3.63, 3.8) is 0 Å². The molecule has 0 aromatic heterocycles. The Morgan fingerprint density at radius 2 is 1.69 bits per heavy atom. The maximum Gasteiger partial charge on any atom is 0.243 e. The number of rotatable bonds is 5. The minimum Gasteiger partial charge on any atom is -0.395 e. The van der Waals surface area contributed by atoms with E-state index in [-0.39, 0.29) is 30.4 Å². The van der Waals surface area contributed by atoms with Gasteiger partial charge in [0.15, 0.2) is 0 Å². The lowest BCUT2D eigenvalue weighted by molar-refractivity contribution is -0.0553. The molecule has 5 nitrogen and oxygen atoms in total. The molecular formula is C28H31FN2O3S. The van der Waals surface area contributed by atoms with Crippen LogP contribution >= 0.6 is 0 Å². The summed E-state index contributed by atoms with van der Waals surface area (Å²) >= 11 is 0. The minimum atomic E-state index is -3.62. The first-order valence-electron chi connectivity index (χ1n) is 12.2. The lowest BCUT2D eigenvalue weighted by Gasteiger charge is -2.57. The van der Waals surface area contributed by atoms with E-state index in [9.17, 15) is 17.9 Å². The number of aliphatic hydroxyl groups is 1. The van der Waals surface area contributed by atoms with Crippen LogP contribution in [0.5, 0.6) is 0 Å². The fourth-order valence-corrected chi connectivity index (χ4v) is 7.40. The lowest BCUT2D eigenvalue weighted by Crippen LogP contribution is -2.67. The Morgan fingerprint density at radius 1 is 0.943 bits per heavy atom. The molecule has 0 aliphatic carbocycles. The fourth-order valence-electron chi connectivity index (χ4n) is 5.68. The summed E-state index contributed by atoms with van der Waals surface area (Å²) in [5, 5.41) is 10.2. The van der Waals surface area contributed by atoms with E-state index >= 15 is 0 Å². The molecule has 5 rings (SSSR count). The van der Waals surface area contributed by atoms with E-state index in [1.807, 2.05) is 49.4 Å². The van der Waals surface area contributed by atoms with Crippen LogP contribution < -0.4 is 0 Å². The van der Waals surface area contributed by atoms with Crippen LogP contribution in [0, 0.1) is 12.7 Å². The number of benzene rings is 3. The largest absolute Gasteiger partial charge is 0.395 e. The molecule has 7 heteroatoms. The molecule has 2 aliphatic heterocycles. The second-order valence-corrected chi connectivity index (χ2v) is 11.5. The van der Waals surface area contributed by atoms with Crippen LogP contribution in [0.1, 0.15) is 29.9 Å². The highest BCUT2D eigenvalue weighted by molar-refractivity contribution is 7.89. The van der Waals surface area contributed by atoms with E-state index in [0.29, 0.717) is 18.0 Å². The third kappa shape index (κ3) is 4.54. The quantitative estimate of drug-likeness (QED) is 0.571. The summed E-state index contributed by atoms with van der Waals surface area (Å²) in [5.41, 5.74) is 3.55. The molecule has 0 spiro atoms. The van der Waals surface area contributed by atoms with Crippen molar-refractivity contribution in [3.05, 3.63) is 89.7 Å². The predicted molar refractivity (Wildman–Crippen MR) is 135 cm³/mol. The Balaban J connectivity index is 1.43. The van der Waals surface area contributed by atoms with Crippen molar-refractivity contribution < 1.29 is 17.9 Å². The first-order valence-corrected chi connectivity index (χ1v) is 13.6. The van der Waals surface area contributed by atoms with Gasteiger partial charge in [-0.05, 0) is 66.8 Å². The van der Waals surface area contributed by atoms with Crippen molar-refractivity contribution in [2.75, 3.05) is 26.2 Å². The van der Waals surface area contributed by atoms with Gasteiger partial charge < -0.3 is 5.11 Å². The molecule has 2 fully saturated rings. The van der Waals surface area contributed by atoms with Crippen LogP contribution in [0.15, 0.2) is 77.7 Å². The Bertz CT molecular complexity index is 1300. The predicted octanol–water partition coefficient (Wildman–Crippen LogP) is 4.41. The molecule has 35 heavy (non-hydrogen) atoms. The smallest absolute Gasteiger partial charge is 0.243 e. The molecule has 3 aromatic carbocycles. The average Bonchev–Trinajstić information content (AvgIpc) is 2.83. The Kier molecular flexibility index (Phi) is 6.77. The summed E-state index contributed by atoms with van der Waals surface area (Å²) in [6, 6.07) is 21.6. The molecule has 0 bridgehead atoms. The topological polar surface area (TPSA) is 60.9 Å². The number of nitrogens with zero attached hydrogens (tertiary/aromatic N) is 2. The highest BCUT2D eigenvalue weighted by Crippen LogP contribution is 2.43. The first-order chi connectivity index (χ1) is 16.9. The lowest BCUT2D eigenvalue weighted by atomic mass is 9.74. The number of halogens is 1. The van der Waals surface area contributed by atoms with E-state index in [4.69, 9.17) is 0 Å². The second-order valence-electron chi connectivity index (χ2n) is 9.55. The molecule has 3 atom stereocenters. The van der Waals surface area contributed by atoms with Gasteiger partial charge >= 0.3 is 0 Å². The zero-order valence-electron chi connectivity index (χ0n) is 19.8. The zero-order chi connectivity index (χ0) is 24.6. The highest BCUT2D eigenvalue weighted by atomic mass is 32.2. The summed E-state index contributed by atoms with van der Waals surface area (Å²) in [4.78, 5) is 2.63. The van der Waals surface area contributed by atoms with Gasteiger partial charge in [-0.25, -0.2) is 12.8 Å². The summed E-state index contributed by atoms with van der Waals surface area (Å²) in [7, 11) is -3.62. The highest BCUT2D eigenvalue weighted by Gasteiger charge is 2.50. The minimum absolute atomic E-state index is 0.00809. The summed E-state index contributed by atoms with van der Waals surface area (Å²) < 4.78 is 42.5. The standard InChI is InChI=1S/C28H31FN2O3S/c1-20-7-2-3-10-27(20)35(33,34)30-15-4-5-16-31-25(18-30)28(26(31)19-32)22-13-11-21(12-14-22)23-8-6-9-24(29)17-23/h2-3,6-14,17,25-26,28,32H,4-5,15-16,18-19H2,1H3/t25-,26+,28-/m1/s1. The SMILES string of the molecule is Cc1ccccc1S(=O)(=O)N1CCCCN2[C@H](C1)[C@@H](c1ccc(-c3cccc(F)c3)cc1)[C@@H]2CO. The monoisotopic (exact) mass is 494 g/mol. The van der Waals surface area contributed by atoms with Gasteiger partial charge in [-0.3, -0.25) is 4.90 Å². The molecule has 3 aromatic rings. The molecule has 2 aliphatic rings. The van der Waals surface area contributed by atoms with Crippen molar-refractivity contribution >= 4 is 10.0 Å². The number of hydrogen-bond donors (Lipinski definition) is 1. The molecule has 2 heterocycles. The van der Waals surface area contributed by atoms with Gasteiger partial charge in [0.25, 0.3) is 0 Å². The Morgan fingerprint density at radius 3 is 2.40 bits per heavy atom. The molecular weight excluding hydrogens is 463 g/mol. The summed E-state index contributed by atoms with van der Waals surface area (Å²) in [5.74, 6) is -0.250. The Hall–Kier alpha value is -2.58. The van der Waals surface area contributed by atoms with Gasteiger partial charge in [0.05, 0.1) is 11.5 Å². The van der Waals surface area contributed by atoms with Crippen LogP contribution in [0.3, 0.4) is 0 Å². The molecule has 2 saturated heterocycles. The molecule has 184 valence electrons. The third-order valence-electron chi connectivity index (χ3n) is 7.50. The maximum atomic E-state index is 13.7. The number of hydrogen-bond acceptors (Lipinski definition) is 4. The van der Waals surface area contributed by atoms with E-state index in [2.05, 4.69) is 4.90 Å². The maximum absolute atomic E-state index is 13.7. The fraction of sp³-hybridized carbons (Fsp3) is 0.357. The van der Waals surface area contributed by atoms with Crippen molar-refractivity contribution in [2.24, 2.45) is 0 Å². The van der Waals surface area contributed by atoms with Crippen LogP contribution in [0.2, 0.25) is 0 Å². The van der Waals surface area contributed by atoms with Crippen molar-refractivity contribution in [2.45, 2.75) is 42.7 Å². The molecule has 1 N–H and O–H groups in total. The van der Waals surface area contributed by atoms with Crippen LogP contribution in [0.25, 0.3) is 11.1 Å². The number of aliphatic hydroxyl groups excluding tert-OH is 1. The van der Waals surface area contributed by atoms with Gasteiger partial charge in [0.2, 0.25) is 10.0 Å². The van der Waals surface area contributed by atoms with Crippen molar-refractivity contribution in [1.29, 1.82) is 0 Å². The number of fused-ring (bicyclic) bond motifs is 1. The summed E-state index contributed by atoms with van der Waals surface area (Å²) in [6.45, 7) is 3.60. The number of sulfonamides is 1. The van der Waals surface area contributed by atoms with Gasteiger partial charge in [0, 0.05) is 31.1 Å². The second kappa shape index (κ2) is 9.82. The van der Waals surface area contributed by atoms with Gasteiger partial charge in [0.1, 0.15) is 5.82 Å². The van der Waals surface area contributed by atoms with Crippen LogP contribution in [0.4, 0.5) is 4.39 Å². The van der Waals surface area contributed by atoms with E-state index in [0.717, 1.165) is 41.6 Å². The van der Waals surface area contributed by atoms with Crippen LogP contribution in [-0.4, -0.2) is 61.1 Å². The Labute approximate surface area is 206 Å².